The molecule has 16 heavy (non-hydrogen) atoms. The molecule has 1 aromatic heterocycles. The molecule has 1 amide bonds. The van der Waals surface area contributed by atoms with E-state index in [4.69, 9.17) is 10.5 Å². The topological polar surface area (TPSA) is 108 Å². The van der Waals surface area contributed by atoms with Crippen LogP contribution < -0.4 is 10.5 Å². The van der Waals surface area contributed by atoms with Crippen molar-refractivity contribution in [3.63, 3.8) is 0 Å². The van der Waals surface area contributed by atoms with Gasteiger partial charge in [-0.3, -0.25) is 4.79 Å². The van der Waals surface area contributed by atoms with E-state index in [9.17, 15) is 14.9 Å². The van der Waals surface area contributed by atoms with Crippen molar-refractivity contribution >= 4 is 11.7 Å². The van der Waals surface area contributed by atoms with E-state index in [2.05, 4.69) is 4.98 Å². The highest BCUT2D eigenvalue weighted by atomic mass is 16.6. The molecule has 7 heteroatoms. The number of primary amides is 1. The molecular formula is C9H11N3O4. The minimum Gasteiger partial charge on any atom is -0.485 e. The SMILES string of the molecule is Cc1ccc(OCCC(N)=O)c([N+](=O)[O-])n1. The van der Waals surface area contributed by atoms with Gasteiger partial charge in [0.1, 0.15) is 5.69 Å². The average Bonchev–Trinajstić information content (AvgIpc) is 2.19. The second kappa shape index (κ2) is 5.06. The minimum absolute atomic E-state index is 0.000907. The van der Waals surface area contributed by atoms with Crippen molar-refractivity contribution in [2.24, 2.45) is 5.73 Å². The second-order valence-electron chi connectivity index (χ2n) is 3.10. The van der Waals surface area contributed by atoms with Crippen molar-refractivity contribution < 1.29 is 14.5 Å². The number of amides is 1. The zero-order chi connectivity index (χ0) is 12.1. The predicted molar refractivity (Wildman–Crippen MR) is 54.9 cm³/mol. The molecule has 1 heterocycles. The van der Waals surface area contributed by atoms with Crippen LogP contribution in [-0.2, 0) is 4.79 Å². The highest BCUT2D eigenvalue weighted by Gasteiger charge is 2.17. The van der Waals surface area contributed by atoms with Crippen LogP contribution in [0.2, 0.25) is 0 Å². The Morgan fingerprint density at radius 3 is 2.88 bits per heavy atom. The molecule has 0 bridgehead atoms. The summed E-state index contributed by atoms with van der Waals surface area (Å²) < 4.78 is 5.06. The fraction of sp³-hybridized carbons (Fsp3) is 0.333. The maximum absolute atomic E-state index is 10.6. The average molecular weight is 225 g/mol. The molecule has 0 aliphatic heterocycles. The molecule has 0 radical (unpaired) electrons. The number of rotatable bonds is 5. The molecule has 0 unspecified atom stereocenters. The fourth-order valence-corrected chi connectivity index (χ4v) is 1.04. The van der Waals surface area contributed by atoms with Gasteiger partial charge in [-0.1, -0.05) is 0 Å². The van der Waals surface area contributed by atoms with E-state index in [1.165, 1.54) is 6.07 Å². The lowest BCUT2D eigenvalue weighted by molar-refractivity contribution is -0.390. The number of pyridine rings is 1. The third-order valence-corrected chi connectivity index (χ3v) is 1.76. The maximum Gasteiger partial charge on any atom is 0.406 e. The first-order valence-electron chi connectivity index (χ1n) is 4.54. The molecule has 0 saturated heterocycles. The van der Waals surface area contributed by atoms with Gasteiger partial charge in [-0.25, -0.2) is 0 Å². The van der Waals surface area contributed by atoms with Crippen molar-refractivity contribution in [1.82, 2.24) is 4.98 Å². The number of nitrogens with zero attached hydrogens (tertiary/aromatic N) is 2. The first-order valence-corrected chi connectivity index (χ1v) is 4.54. The predicted octanol–water partition coefficient (Wildman–Crippen LogP) is 0.552. The lowest BCUT2D eigenvalue weighted by Gasteiger charge is -2.04. The monoisotopic (exact) mass is 225 g/mol. The van der Waals surface area contributed by atoms with E-state index in [0.717, 1.165) is 0 Å². The summed E-state index contributed by atoms with van der Waals surface area (Å²) in [5.74, 6) is -0.843. The van der Waals surface area contributed by atoms with Crippen molar-refractivity contribution in [2.45, 2.75) is 13.3 Å². The van der Waals surface area contributed by atoms with E-state index in [1.807, 2.05) is 0 Å². The van der Waals surface area contributed by atoms with Crippen LogP contribution in [0, 0.1) is 17.0 Å². The number of carbonyl (C=O) groups excluding carboxylic acids is 1. The third-order valence-electron chi connectivity index (χ3n) is 1.76. The van der Waals surface area contributed by atoms with E-state index in [1.54, 1.807) is 13.0 Å². The molecule has 0 fully saturated rings. The Morgan fingerprint density at radius 2 is 2.31 bits per heavy atom. The highest BCUT2D eigenvalue weighted by Crippen LogP contribution is 2.24. The van der Waals surface area contributed by atoms with Crippen molar-refractivity contribution in [2.75, 3.05) is 6.61 Å². The molecule has 0 atom stereocenters. The molecule has 0 spiro atoms. The van der Waals surface area contributed by atoms with Crippen molar-refractivity contribution in [1.29, 1.82) is 0 Å². The first kappa shape index (κ1) is 11.9. The molecular weight excluding hydrogens is 214 g/mol. The Bertz CT molecular complexity index is 419. The number of hydrogen-bond donors (Lipinski definition) is 1. The van der Waals surface area contributed by atoms with Gasteiger partial charge in [0.15, 0.2) is 0 Å². The Hall–Kier alpha value is -2.18. The summed E-state index contributed by atoms with van der Waals surface area (Å²) in [7, 11) is 0. The summed E-state index contributed by atoms with van der Waals surface area (Å²) in [4.78, 5) is 24.2. The van der Waals surface area contributed by atoms with Gasteiger partial charge in [0.05, 0.1) is 13.0 Å². The minimum atomic E-state index is -0.632. The van der Waals surface area contributed by atoms with Gasteiger partial charge in [0, 0.05) is 6.92 Å². The van der Waals surface area contributed by atoms with Crippen molar-refractivity contribution in [3.05, 3.63) is 27.9 Å². The molecule has 1 rings (SSSR count). The van der Waals surface area contributed by atoms with E-state index < -0.39 is 10.8 Å². The van der Waals surface area contributed by atoms with E-state index in [0.29, 0.717) is 5.69 Å². The summed E-state index contributed by atoms with van der Waals surface area (Å²) in [5.41, 5.74) is 5.43. The summed E-state index contributed by atoms with van der Waals surface area (Å²) in [6, 6.07) is 3.04. The van der Waals surface area contributed by atoms with Gasteiger partial charge in [0.2, 0.25) is 11.7 Å². The molecule has 7 nitrogen and oxygen atoms in total. The van der Waals surface area contributed by atoms with Gasteiger partial charge in [0.25, 0.3) is 0 Å². The molecule has 2 N–H and O–H groups in total. The largest absolute Gasteiger partial charge is 0.485 e. The third kappa shape index (κ3) is 3.19. The summed E-state index contributed by atoms with van der Waals surface area (Å²) in [5, 5.41) is 10.6. The lowest BCUT2D eigenvalue weighted by atomic mass is 10.3. The Kier molecular flexibility index (Phi) is 3.76. The van der Waals surface area contributed by atoms with Crippen LogP contribution in [0.15, 0.2) is 12.1 Å². The molecule has 0 saturated carbocycles. The van der Waals surface area contributed by atoms with Crippen LogP contribution in [0.4, 0.5) is 5.82 Å². The van der Waals surface area contributed by atoms with Crippen LogP contribution in [-0.4, -0.2) is 22.4 Å². The number of aromatic nitrogens is 1. The van der Waals surface area contributed by atoms with Crippen LogP contribution in [0.1, 0.15) is 12.1 Å². The molecule has 0 aromatic carbocycles. The van der Waals surface area contributed by atoms with Gasteiger partial charge in [-0.05, 0) is 22.0 Å². The first-order chi connectivity index (χ1) is 7.50. The standard InChI is InChI=1S/C9H11N3O4/c1-6-2-3-7(9(11-6)12(14)15)16-5-4-8(10)13/h2-3H,4-5H2,1H3,(H2,10,13). The number of nitro groups is 1. The number of ether oxygens (including phenoxy) is 1. The van der Waals surface area contributed by atoms with Crippen LogP contribution in [0.25, 0.3) is 0 Å². The lowest BCUT2D eigenvalue weighted by Crippen LogP contribution is -2.15. The fourth-order valence-electron chi connectivity index (χ4n) is 1.04. The van der Waals surface area contributed by atoms with Gasteiger partial charge < -0.3 is 20.6 Å². The van der Waals surface area contributed by atoms with Crippen LogP contribution in [0.5, 0.6) is 5.75 Å². The van der Waals surface area contributed by atoms with Crippen LogP contribution >= 0.6 is 0 Å². The summed E-state index contributed by atoms with van der Waals surface area (Å²) in [6.45, 7) is 1.64. The molecule has 0 aliphatic rings. The number of aryl methyl sites for hydroxylation is 1. The summed E-state index contributed by atoms with van der Waals surface area (Å²) in [6.07, 6.45) is 0.00499. The zero-order valence-corrected chi connectivity index (χ0v) is 8.67. The highest BCUT2D eigenvalue weighted by molar-refractivity contribution is 5.73. The van der Waals surface area contributed by atoms with E-state index >= 15 is 0 Å². The Labute approximate surface area is 91.4 Å². The Morgan fingerprint density at radius 1 is 1.62 bits per heavy atom. The molecule has 0 aliphatic carbocycles. The summed E-state index contributed by atoms with van der Waals surface area (Å²) >= 11 is 0. The normalized spacial score (nSPS) is 9.81. The quantitative estimate of drug-likeness (QED) is 0.581. The zero-order valence-electron chi connectivity index (χ0n) is 8.67. The number of hydrogen-bond acceptors (Lipinski definition) is 5. The smallest absolute Gasteiger partial charge is 0.406 e. The van der Waals surface area contributed by atoms with Gasteiger partial charge in [-0.2, -0.15) is 0 Å². The van der Waals surface area contributed by atoms with Gasteiger partial charge >= 0.3 is 5.82 Å². The van der Waals surface area contributed by atoms with E-state index in [-0.39, 0.29) is 24.6 Å². The van der Waals surface area contributed by atoms with Gasteiger partial charge in [-0.15, -0.1) is 0 Å². The molecule has 1 aromatic rings. The number of carbonyl (C=O) groups is 1. The van der Waals surface area contributed by atoms with Crippen molar-refractivity contribution in [3.8, 4) is 5.75 Å². The molecule has 86 valence electrons. The van der Waals surface area contributed by atoms with Crippen LogP contribution in [0.3, 0.4) is 0 Å². The Balaban J connectivity index is 2.78. The second-order valence-corrected chi connectivity index (χ2v) is 3.10. The number of nitrogens with two attached hydrogens (primary N) is 1. The maximum atomic E-state index is 10.6.